The first-order chi connectivity index (χ1) is 12.0. The van der Waals surface area contributed by atoms with E-state index in [1.807, 2.05) is 0 Å². The lowest BCUT2D eigenvalue weighted by Gasteiger charge is -2.05. The van der Waals surface area contributed by atoms with Gasteiger partial charge in [0.2, 0.25) is 0 Å². The van der Waals surface area contributed by atoms with Crippen molar-refractivity contribution in [2.75, 3.05) is 13.7 Å². The molecule has 0 bridgehead atoms. The van der Waals surface area contributed by atoms with Gasteiger partial charge in [0.15, 0.2) is 6.61 Å². The Kier molecular flexibility index (Phi) is 6.47. The first-order valence-corrected chi connectivity index (χ1v) is 7.81. The standard InChI is InChI=1S/C16H14BrN3O5/c1-24-15-6-5-11(7-14(15)17)9-18-19-16(21)10-25-13-4-2-3-12(8-13)20(22)23/h2-9H,10H2,1H3,(H,19,21)/b18-9-. The number of ether oxygens (including phenoxy) is 2. The molecule has 0 atom stereocenters. The monoisotopic (exact) mass is 407 g/mol. The van der Waals surface area contributed by atoms with E-state index in [4.69, 9.17) is 9.47 Å². The number of non-ortho nitro benzene ring substituents is 1. The van der Waals surface area contributed by atoms with Crippen LogP contribution in [0.25, 0.3) is 0 Å². The minimum absolute atomic E-state index is 0.110. The summed E-state index contributed by atoms with van der Waals surface area (Å²) in [5.74, 6) is 0.425. The second kappa shape index (κ2) is 8.78. The van der Waals surface area contributed by atoms with E-state index in [0.29, 0.717) is 5.75 Å². The summed E-state index contributed by atoms with van der Waals surface area (Å²) in [6.07, 6.45) is 1.47. The topological polar surface area (TPSA) is 103 Å². The van der Waals surface area contributed by atoms with Crippen molar-refractivity contribution in [2.45, 2.75) is 0 Å². The van der Waals surface area contributed by atoms with Gasteiger partial charge in [-0.25, -0.2) is 5.43 Å². The minimum atomic E-state index is -0.537. The Labute approximate surface area is 151 Å². The molecule has 0 saturated carbocycles. The highest BCUT2D eigenvalue weighted by molar-refractivity contribution is 9.10. The normalized spacial score (nSPS) is 10.5. The summed E-state index contributed by atoms with van der Waals surface area (Å²) in [5, 5.41) is 14.5. The molecule has 0 saturated heterocycles. The van der Waals surface area contributed by atoms with Gasteiger partial charge in [0.25, 0.3) is 11.6 Å². The van der Waals surface area contributed by atoms with Gasteiger partial charge in [-0.1, -0.05) is 6.07 Å². The van der Waals surface area contributed by atoms with E-state index in [9.17, 15) is 14.9 Å². The van der Waals surface area contributed by atoms with Crippen molar-refractivity contribution in [1.82, 2.24) is 5.43 Å². The molecule has 1 N–H and O–H groups in total. The van der Waals surface area contributed by atoms with Crippen molar-refractivity contribution < 1.29 is 19.2 Å². The maximum absolute atomic E-state index is 11.7. The lowest BCUT2D eigenvalue weighted by molar-refractivity contribution is -0.384. The number of rotatable bonds is 7. The second-order valence-corrected chi connectivity index (χ2v) is 5.58. The second-order valence-electron chi connectivity index (χ2n) is 4.73. The van der Waals surface area contributed by atoms with Crippen LogP contribution in [0.1, 0.15) is 5.56 Å². The molecule has 25 heavy (non-hydrogen) atoms. The van der Waals surface area contributed by atoms with Crippen LogP contribution in [0.4, 0.5) is 5.69 Å². The molecule has 8 nitrogen and oxygen atoms in total. The fraction of sp³-hybridized carbons (Fsp3) is 0.125. The summed E-state index contributed by atoms with van der Waals surface area (Å²) >= 11 is 3.35. The van der Waals surface area contributed by atoms with Gasteiger partial charge < -0.3 is 9.47 Å². The van der Waals surface area contributed by atoms with Gasteiger partial charge in [-0.15, -0.1) is 0 Å². The Hall–Kier alpha value is -2.94. The number of amides is 1. The Balaban J connectivity index is 1.85. The number of nitrogens with zero attached hydrogens (tertiary/aromatic N) is 2. The van der Waals surface area contributed by atoms with Crippen molar-refractivity contribution in [1.29, 1.82) is 0 Å². The van der Waals surface area contributed by atoms with Crippen LogP contribution in [0.15, 0.2) is 52.0 Å². The number of methoxy groups -OCH3 is 1. The molecule has 0 spiro atoms. The largest absolute Gasteiger partial charge is 0.496 e. The molecule has 0 fully saturated rings. The number of benzene rings is 2. The summed E-state index contributed by atoms with van der Waals surface area (Å²) < 4.78 is 11.1. The van der Waals surface area contributed by atoms with Crippen LogP contribution in [0.3, 0.4) is 0 Å². The molecule has 0 aromatic heterocycles. The molecule has 2 rings (SSSR count). The summed E-state index contributed by atoms with van der Waals surface area (Å²) in [5.41, 5.74) is 2.96. The number of nitrogens with one attached hydrogen (secondary N) is 1. The molecule has 0 aliphatic carbocycles. The van der Waals surface area contributed by atoms with E-state index >= 15 is 0 Å². The smallest absolute Gasteiger partial charge is 0.277 e. The predicted molar refractivity (Wildman–Crippen MR) is 95.0 cm³/mol. The molecule has 0 unspecified atom stereocenters. The van der Waals surface area contributed by atoms with Crippen LogP contribution in [0, 0.1) is 10.1 Å². The highest BCUT2D eigenvalue weighted by Crippen LogP contribution is 2.24. The van der Waals surface area contributed by atoms with Crippen LogP contribution >= 0.6 is 15.9 Å². The highest BCUT2D eigenvalue weighted by atomic mass is 79.9. The van der Waals surface area contributed by atoms with E-state index in [1.54, 1.807) is 25.3 Å². The molecular formula is C16H14BrN3O5. The summed E-state index contributed by atoms with van der Waals surface area (Å²) in [7, 11) is 1.56. The fourth-order valence-electron chi connectivity index (χ4n) is 1.81. The van der Waals surface area contributed by atoms with E-state index in [1.165, 1.54) is 30.5 Å². The third kappa shape index (κ3) is 5.57. The first-order valence-electron chi connectivity index (χ1n) is 7.02. The number of halogens is 1. The maximum Gasteiger partial charge on any atom is 0.277 e. The fourth-order valence-corrected chi connectivity index (χ4v) is 2.37. The lowest BCUT2D eigenvalue weighted by atomic mass is 10.2. The van der Waals surface area contributed by atoms with Crippen LogP contribution in [0.5, 0.6) is 11.5 Å². The first kappa shape index (κ1) is 18.4. The molecular weight excluding hydrogens is 394 g/mol. The Morgan fingerprint density at radius 3 is 2.84 bits per heavy atom. The van der Waals surface area contributed by atoms with Crippen molar-refractivity contribution >= 4 is 33.7 Å². The summed E-state index contributed by atoms with van der Waals surface area (Å²) in [6.45, 7) is -0.315. The number of hydrogen-bond acceptors (Lipinski definition) is 6. The minimum Gasteiger partial charge on any atom is -0.496 e. The molecule has 1 amide bonds. The SMILES string of the molecule is COc1ccc(/C=N\NC(=O)COc2cccc([N+](=O)[O-])c2)cc1Br. The number of carbonyl (C=O) groups is 1. The van der Waals surface area contributed by atoms with Crippen molar-refractivity contribution in [2.24, 2.45) is 5.10 Å². The van der Waals surface area contributed by atoms with Gasteiger partial charge >= 0.3 is 0 Å². The van der Waals surface area contributed by atoms with Gasteiger partial charge in [0.05, 0.1) is 28.8 Å². The number of nitro groups is 1. The Morgan fingerprint density at radius 2 is 2.16 bits per heavy atom. The third-order valence-electron chi connectivity index (χ3n) is 2.98. The zero-order valence-corrected chi connectivity index (χ0v) is 14.7. The van der Waals surface area contributed by atoms with E-state index in [-0.39, 0.29) is 18.0 Å². The van der Waals surface area contributed by atoms with Crippen molar-refractivity contribution in [3.8, 4) is 11.5 Å². The van der Waals surface area contributed by atoms with Crippen LogP contribution in [-0.4, -0.2) is 30.8 Å². The maximum atomic E-state index is 11.7. The number of carbonyl (C=O) groups excluding carboxylic acids is 1. The van der Waals surface area contributed by atoms with Gasteiger partial charge in [-0.3, -0.25) is 14.9 Å². The highest BCUT2D eigenvalue weighted by Gasteiger charge is 2.08. The molecule has 130 valence electrons. The average Bonchev–Trinajstić information content (AvgIpc) is 2.60. The molecule has 0 radical (unpaired) electrons. The Morgan fingerprint density at radius 1 is 1.36 bits per heavy atom. The number of hydrazone groups is 1. The quantitative estimate of drug-likeness (QED) is 0.431. The zero-order chi connectivity index (χ0) is 18.2. The Bertz CT molecular complexity index is 810. The average molecular weight is 408 g/mol. The molecule has 2 aromatic carbocycles. The molecule has 0 aliphatic rings. The zero-order valence-electron chi connectivity index (χ0n) is 13.1. The van der Waals surface area contributed by atoms with E-state index in [0.717, 1.165) is 10.0 Å². The van der Waals surface area contributed by atoms with Crippen molar-refractivity contribution in [3.05, 3.63) is 62.6 Å². The molecule has 2 aromatic rings. The van der Waals surface area contributed by atoms with Gasteiger partial charge in [0.1, 0.15) is 11.5 Å². The number of nitro benzene ring substituents is 1. The molecule has 0 heterocycles. The summed E-state index contributed by atoms with van der Waals surface area (Å²) in [4.78, 5) is 21.8. The van der Waals surface area contributed by atoms with Crippen LogP contribution in [0.2, 0.25) is 0 Å². The lowest BCUT2D eigenvalue weighted by Crippen LogP contribution is -2.24. The number of hydrogen-bond donors (Lipinski definition) is 1. The van der Waals surface area contributed by atoms with Crippen LogP contribution in [-0.2, 0) is 4.79 Å². The summed E-state index contributed by atoms with van der Waals surface area (Å²) in [6, 6.07) is 10.9. The molecule has 9 heteroatoms. The van der Waals surface area contributed by atoms with E-state index in [2.05, 4.69) is 26.5 Å². The van der Waals surface area contributed by atoms with E-state index < -0.39 is 10.8 Å². The van der Waals surface area contributed by atoms with Gasteiger partial charge in [-0.05, 0) is 45.8 Å². The predicted octanol–water partition coefficient (Wildman–Crippen LogP) is 2.90. The molecule has 0 aliphatic heterocycles. The van der Waals surface area contributed by atoms with Crippen molar-refractivity contribution in [3.63, 3.8) is 0 Å². The van der Waals surface area contributed by atoms with Gasteiger partial charge in [-0.2, -0.15) is 5.10 Å². The van der Waals surface area contributed by atoms with Gasteiger partial charge in [0, 0.05) is 6.07 Å². The van der Waals surface area contributed by atoms with Crippen LogP contribution < -0.4 is 14.9 Å². The third-order valence-corrected chi connectivity index (χ3v) is 3.60.